The molecule has 6 heteroatoms. The molecule has 1 saturated carbocycles. The van der Waals surface area contributed by atoms with Crippen LogP contribution in [0.5, 0.6) is 0 Å². The minimum absolute atomic E-state index is 0.155. The average Bonchev–Trinajstić information content (AvgIpc) is 2.78. The van der Waals surface area contributed by atoms with Crippen LogP contribution < -0.4 is 10.6 Å². The van der Waals surface area contributed by atoms with Crippen LogP contribution in [0.2, 0.25) is 0 Å². The number of rotatable bonds is 0. The van der Waals surface area contributed by atoms with Gasteiger partial charge in [-0.1, -0.05) is 18.9 Å². The van der Waals surface area contributed by atoms with Crippen molar-refractivity contribution < 1.29 is 18.0 Å². The number of para-hydroxylation sites is 1. The van der Waals surface area contributed by atoms with Crippen molar-refractivity contribution in [1.82, 2.24) is 0 Å². The second kappa shape index (κ2) is 3.88. The lowest BCUT2D eigenvalue weighted by Gasteiger charge is -2.36. The van der Waals surface area contributed by atoms with E-state index in [0.717, 1.165) is 18.9 Å². The lowest BCUT2D eigenvalue weighted by atomic mass is 9.92. The maximum absolute atomic E-state index is 12.9. The molecule has 1 aliphatic heterocycles. The van der Waals surface area contributed by atoms with Crippen LogP contribution in [0.4, 0.5) is 24.5 Å². The highest BCUT2D eigenvalue weighted by atomic mass is 19.4. The number of alkyl halides is 3. The zero-order chi connectivity index (χ0) is 13.7. The smallest absolute Gasteiger partial charge is 0.370 e. The minimum atomic E-state index is -4.47. The molecule has 0 atom stereocenters. The van der Waals surface area contributed by atoms with Crippen molar-refractivity contribution in [3.8, 4) is 0 Å². The summed E-state index contributed by atoms with van der Waals surface area (Å²) in [4.78, 5) is 12.1. The minimum Gasteiger partial charge on any atom is -0.370 e. The molecule has 3 nitrogen and oxygen atoms in total. The zero-order valence-electron chi connectivity index (χ0n) is 10.1. The van der Waals surface area contributed by atoms with E-state index >= 15 is 0 Å². The maximum Gasteiger partial charge on any atom is 0.418 e. The van der Waals surface area contributed by atoms with Gasteiger partial charge in [-0.3, -0.25) is 4.79 Å². The summed E-state index contributed by atoms with van der Waals surface area (Å²) >= 11 is 0. The van der Waals surface area contributed by atoms with Gasteiger partial charge in [0.05, 0.1) is 16.9 Å². The van der Waals surface area contributed by atoms with Crippen molar-refractivity contribution in [2.75, 3.05) is 10.6 Å². The number of fused-ring (bicyclic) bond motifs is 1. The van der Waals surface area contributed by atoms with Gasteiger partial charge in [0.25, 0.3) is 0 Å². The summed E-state index contributed by atoms with van der Waals surface area (Å²) in [5.41, 5.74) is -1.33. The normalized spacial score (nSPS) is 20.9. The van der Waals surface area contributed by atoms with Crippen molar-refractivity contribution >= 4 is 17.3 Å². The van der Waals surface area contributed by atoms with Crippen LogP contribution in [-0.4, -0.2) is 11.4 Å². The van der Waals surface area contributed by atoms with Gasteiger partial charge in [0.2, 0.25) is 5.91 Å². The van der Waals surface area contributed by atoms with E-state index in [1.165, 1.54) is 6.07 Å². The lowest BCUT2D eigenvalue weighted by molar-refractivity contribution is -0.137. The van der Waals surface area contributed by atoms with Gasteiger partial charge >= 0.3 is 6.18 Å². The molecule has 1 aromatic rings. The molecule has 0 saturated heterocycles. The molecule has 1 aliphatic carbocycles. The van der Waals surface area contributed by atoms with E-state index in [1.807, 2.05) is 0 Å². The number of carbonyl (C=O) groups is 1. The first-order valence-electron chi connectivity index (χ1n) is 6.22. The maximum atomic E-state index is 12.9. The number of carbonyl (C=O) groups excluding carboxylic acids is 1. The summed E-state index contributed by atoms with van der Waals surface area (Å²) in [6.45, 7) is 0. The lowest BCUT2D eigenvalue weighted by Crippen LogP contribution is -2.50. The van der Waals surface area contributed by atoms with Crippen molar-refractivity contribution in [2.24, 2.45) is 0 Å². The molecule has 1 amide bonds. The van der Waals surface area contributed by atoms with Gasteiger partial charge in [-0.15, -0.1) is 0 Å². The second-order valence-electron chi connectivity index (χ2n) is 5.09. The fourth-order valence-corrected chi connectivity index (χ4v) is 2.91. The molecule has 2 aliphatic rings. The number of halogens is 3. The third kappa shape index (κ3) is 1.86. The third-order valence-corrected chi connectivity index (χ3v) is 3.87. The summed E-state index contributed by atoms with van der Waals surface area (Å²) in [5, 5.41) is 5.47. The van der Waals surface area contributed by atoms with E-state index < -0.39 is 17.3 Å². The average molecular weight is 270 g/mol. The first kappa shape index (κ1) is 12.3. The quantitative estimate of drug-likeness (QED) is 0.758. The van der Waals surface area contributed by atoms with Gasteiger partial charge in [0.15, 0.2) is 0 Å². The zero-order valence-corrected chi connectivity index (χ0v) is 10.1. The summed E-state index contributed by atoms with van der Waals surface area (Å²) in [7, 11) is 0. The highest BCUT2D eigenvalue weighted by Crippen LogP contribution is 2.45. The number of nitrogens with one attached hydrogen (secondary N) is 2. The first-order chi connectivity index (χ1) is 8.92. The molecular weight excluding hydrogens is 257 g/mol. The van der Waals surface area contributed by atoms with Gasteiger partial charge < -0.3 is 10.6 Å². The summed E-state index contributed by atoms with van der Waals surface area (Å²) in [6.07, 6.45) is -1.33. The summed E-state index contributed by atoms with van der Waals surface area (Å²) in [5.74, 6) is -0.353. The molecule has 1 spiro atoms. The van der Waals surface area contributed by atoms with Gasteiger partial charge in [-0.05, 0) is 25.0 Å². The van der Waals surface area contributed by atoms with Crippen LogP contribution in [0.25, 0.3) is 0 Å². The Morgan fingerprint density at radius 2 is 1.84 bits per heavy atom. The fraction of sp³-hybridized carbons (Fsp3) is 0.462. The molecule has 2 N–H and O–H groups in total. The topological polar surface area (TPSA) is 41.1 Å². The molecule has 19 heavy (non-hydrogen) atoms. The number of hydrogen-bond acceptors (Lipinski definition) is 2. The molecule has 1 fully saturated rings. The Morgan fingerprint density at radius 3 is 2.47 bits per heavy atom. The monoisotopic (exact) mass is 270 g/mol. The largest absolute Gasteiger partial charge is 0.418 e. The van der Waals surface area contributed by atoms with Crippen LogP contribution in [0.15, 0.2) is 18.2 Å². The predicted molar refractivity (Wildman–Crippen MR) is 64.9 cm³/mol. The Kier molecular flexibility index (Phi) is 2.52. The number of hydrogen-bond donors (Lipinski definition) is 2. The van der Waals surface area contributed by atoms with Crippen LogP contribution in [0.1, 0.15) is 31.2 Å². The highest BCUT2D eigenvalue weighted by molar-refractivity contribution is 6.07. The molecule has 3 rings (SSSR count). The van der Waals surface area contributed by atoms with E-state index in [0.29, 0.717) is 18.5 Å². The van der Waals surface area contributed by atoms with Gasteiger partial charge in [-0.25, -0.2) is 0 Å². The first-order valence-corrected chi connectivity index (χ1v) is 6.22. The fourth-order valence-electron chi connectivity index (χ4n) is 2.91. The Bertz CT molecular complexity index is 533. The van der Waals surface area contributed by atoms with E-state index in [9.17, 15) is 18.0 Å². The SMILES string of the molecule is O=C1Nc2c(cccc2C(F)(F)F)NC12CCCC2. The Hall–Kier alpha value is -1.72. The van der Waals surface area contributed by atoms with Crippen LogP contribution >= 0.6 is 0 Å². The second-order valence-corrected chi connectivity index (χ2v) is 5.09. The van der Waals surface area contributed by atoms with E-state index in [4.69, 9.17) is 0 Å². The highest BCUT2D eigenvalue weighted by Gasteiger charge is 2.46. The number of anilines is 2. The van der Waals surface area contributed by atoms with Crippen molar-refractivity contribution in [2.45, 2.75) is 37.4 Å². The van der Waals surface area contributed by atoms with E-state index in [2.05, 4.69) is 10.6 Å². The van der Waals surface area contributed by atoms with Crippen molar-refractivity contribution in [3.63, 3.8) is 0 Å². The standard InChI is InChI=1S/C13H13F3N2O/c14-13(15,16)8-4-3-5-9-10(8)17-11(19)12(18-9)6-1-2-7-12/h3-5,18H,1-2,6-7H2,(H,17,19). The summed E-state index contributed by atoms with van der Waals surface area (Å²) < 4.78 is 38.7. The Morgan fingerprint density at radius 1 is 1.16 bits per heavy atom. The third-order valence-electron chi connectivity index (χ3n) is 3.87. The molecule has 0 unspecified atom stereocenters. The van der Waals surface area contributed by atoms with Crippen LogP contribution in [0, 0.1) is 0 Å². The number of benzene rings is 1. The van der Waals surface area contributed by atoms with Gasteiger partial charge in [0.1, 0.15) is 5.54 Å². The van der Waals surface area contributed by atoms with E-state index in [1.54, 1.807) is 6.07 Å². The predicted octanol–water partition coefficient (Wildman–Crippen LogP) is 3.38. The molecule has 1 aromatic carbocycles. The van der Waals surface area contributed by atoms with Crippen molar-refractivity contribution in [3.05, 3.63) is 23.8 Å². The number of amides is 1. The van der Waals surface area contributed by atoms with Crippen LogP contribution in [0.3, 0.4) is 0 Å². The Balaban J connectivity index is 2.06. The molecular formula is C13H13F3N2O. The molecule has 102 valence electrons. The summed E-state index contributed by atoms with van der Waals surface area (Å²) in [6, 6.07) is 3.91. The van der Waals surface area contributed by atoms with Gasteiger partial charge in [-0.2, -0.15) is 13.2 Å². The molecule has 0 bridgehead atoms. The van der Waals surface area contributed by atoms with E-state index in [-0.39, 0.29) is 11.6 Å². The van der Waals surface area contributed by atoms with Crippen LogP contribution in [-0.2, 0) is 11.0 Å². The van der Waals surface area contributed by atoms with Gasteiger partial charge in [0, 0.05) is 0 Å². The molecule has 0 aromatic heterocycles. The molecule has 0 radical (unpaired) electrons. The van der Waals surface area contributed by atoms with Crippen molar-refractivity contribution in [1.29, 1.82) is 0 Å². The molecule has 1 heterocycles. The Labute approximate surface area is 108 Å².